The summed E-state index contributed by atoms with van der Waals surface area (Å²) in [6, 6.07) is 27.2. The Labute approximate surface area is 292 Å². The highest BCUT2D eigenvalue weighted by atomic mass is 32.1. The minimum absolute atomic E-state index is 0.0389. The lowest BCUT2D eigenvalue weighted by atomic mass is 9.97. The van der Waals surface area contributed by atoms with Crippen molar-refractivity contribution in [3.8, 4) is 45.3 Å². The fourth-order valence-corrected chi connectivity index (χ4v) is 7.43. The van der Waals surface area contributed by atoms with Crippen molar-refractivity contribution in [1.29, 1.82) is 0 Å². The van der Waals surface area contributed by atoms with Crippen LogP contribution in [-0.4, -0.2) is 15.0 Å². The Bertz CT molecular complexity index is 3350. The van der Waals surface area contributed by atoms with Gasteiger partial charge in [-0.1, -0.05) is 121 Å². The van der Waals surface area contributed by atoms with Gasteiger partial charge < -0.3 is 4.42 Å². The molecule has 10 aromatic rings. The maximum Gasteiger partial charge on any atom is 0.167 e. The molecule has 224 valence electrons. The molecular weight excluding hydrogens is 607 g/mol. The summed E-state index contributed by atoms with van der Waals surface area (Å²) in [5, 5.41) is 1.74. The van der Waals surface area contributed by atoms with Gasteiger partial charge in [-0.2, -0.15) is 0 Å². The van der Waals surface area contributed by atoms with E-state index in [4.69, 9.17) is 30.3 Å². The van der Waals surface area contributed by atoms with Crippen LogP contribution >= 0.6 is 11.3 Å². The predicted octanol–water partition coefficient (Wildman–Crippen LogP) is 12.0. The summed E-state index contributed by atoms with van der Waals surface area (Å²) in [6.07, 6.45) is 0. The number of benzene rings is 7. The normalized spacial score (nSPS) is 14.4. The molecule has 48 heavy (non-hydrogen) atoms. The molecule has 0 radical (unpaired) electrons. The molecule has 0 unspecified atom stereocenters. The van der Waals surface area contributed by atoms with Crippen molar-refractivity contribution >= 4 is 64.2 Å². The number of fused-ring (bicyclic) bond motifs is 8. The van der Waals surface area contributed by atoms with Crippen molar-refractivity contribution in [2.75, 3.05) is 0 Å². The molecule has 7 aromatic carbocycles. The number of hydrogen-bond donors (Lipinski definition) is 0. The number of hydrogen-bond acceptors (Lipinski definition) is 5. The van der Waals surface area contributed by atoms with Crippen LogP contribution in [0.25, 0.3) is 98.2 Å². The molecule has 0 aliphatic rings. The van der Waals surface area contributed by atoms with Crippen molar-refractivity contribution in [3.63, 3.8) is 0 Å². The van der Waals surface area contributed by atoms with Crippen molar-refractivity contribution in [1.82, 2.24) is 15.0 Å². The Morgan fingerprint density at radius 1 is 0.479 bits per heavy atom. The van der Waals surface area contributed by atoms with Gasteiger partial charge in [-0.15, -0.1) is 11.3 Å². The molecule has 10 rings (SSSR count). The number of thiophene rings is 1. The minimum Gasteiger partial charge on any atom is -0.455 e. The van der Waals surface area contributed by atoms with Gasteiger partial charge in [-0.3, -0.25) is 0 Å². The van der Waals surface area contributed by atoms with Crippen LogP contribution in [0.3, 0.4) is 0 Å². The van der Waals surface area contributed by atoms with Gasteiger partial charge in [-0.25, -0.2) is 15.0 Å². The molecule has 5 heteroatoms. The molecule has 0 saturated carbocycles. The van der Waals surface area contributed by atoms with E-state index >= 15 is 0 Å². The van der Waals surface area contributed by atoms with Crippen LogP contribution in [0.5, 0.6) is 0 Å². The van der Waals surface area contributed by atoms with E-state index in [0.29, 0.717) is 11.1 Å². The van der Waals surface area contributed by atoms with E-state index in [1.807, 2.05) is 72.8 Å². The van der Waals surface area contributed by atoms with Crippen LogP contribution in [0, 0.1) is 0 Å². The lowest BCUT2D eigenvalue weighted by Gasteiger charge is -2.11. The van der Waals surface area contributed by atoms with E-state index in [2.05, 4.69) is 24.3 Å². The Hall–Kier alpha value is -6.17. The molecule has 0 N–H and O–H groups in total. The number of para-hydroxylation sites is 1. The van der Waals surface area contributed by atoms with Gasteiger partial charge in [0.1, 0.15) is 11.2 Å². The second-order valence-corrected chi connectivity index (χ2v) is 12.4. The first kappa shape index (κ1) is 19.5. The van der Waals surface area contributed by atoms with Crippen LogP contribution < -0.4 is 0 Å². The highest BCUT2D eigenvalue weighted by Gasteiger charge is 2.20. The summed E-state index contributed by atoms with van der Waals surface area (Å²) >= 11 is 1.65. The molecule has 4 nitrogen and oxygen atoms in total. The largest absolute Gasteiger partial charge is 0.455 e. The van der Waals surface area contributed by atoms with E-state index in [0.717, 1.165) is 31.3 Å². The Morgan fingerprint density at radius 2 is 1.17 bits per heavy atom. The van der Waals surface area contributed by atoms with Crippen LogP contribution in [0.15, 0.2) is 156 Å². The zero-order valence-corrected chi connectivity index (χ0v) is 25.7. The molecule has 0 atom stereocenters. The van der Waals surface area contributed by atoms with Gasteiger partial charge in [0.25, 0.3) is 0 Å². The molecule has 0 spiro atoms. The maximum absolute atomic E-state index is 9.22. The molecular formula is C43H25N3OS. The number of rotatable bonds is 4. The monoisotopic (exact) mass is 640 g/mol. The van der Waals surface area contributed by atoms with Gasteiger partial charge >= 0.3 is 0 Å². The average molecular weight is 641 g/mol. The third kappa shape index (κ3) is 4.25. The Balaban J connectivity index is 1.32. The smallest absolute Gasteiger partial charge is 0.167 e. The van der Waals surface area contributed by atoms with Gasteiger partial charge in [0.15, 0.2) is 17.5 Å². The third-order valence-electron chi connectivity index (χ3n) is 8.45. The molecule has 0 fully saturated rings. The van der Waals surface area contributed by atoms with E-state index in [-0.39, 0.29) is 55.7 Å². The van der Waals surface area contributed by atoms with E-state index in [1.165, 1.54) is 0 Å². The van der Waals surface area contributed by atoms with Crippen LogP contribution in [0.4, 0.5) is 0 Å². The SMILES string of the molecule is [2H]c1c([2H])c([2H])c2c(oc3c4c([2H])c([2H])c([2H])c([2H])c4c([2H])c([2H])c32)c1-c1nc(-c2ccccc2)nc(-c2cc(-c3ccccc3)c3c(c2)sc2ccccc23)n1. The predicted molar refractivity (Wildman–Crippen MR) is 199 cm³/mol. The molecule has 0 saturated heterocycles. The molecule has 0 amide bonds. The Morgan fingerprint density at radius 3 is 2.02 bits per heavy atom. The number of furan rings is 1. The average Bonchev–Trinajstić information content (AvgIpc) is 3.82. The maximum atomic E-state index is 9.22. The molecule has 3 heterocycles. The van der Waals surface area contributed by atoms with Crippen LogP contribution in [0.1, 0.15) is 12.3 Å². The standard InChI is InChI=1S/C43H25N3OS/c1-3-12-26(13-4-1)35-24-29(25-37-38(35)33-18-9-10-21-36(33)48-37)42-44-41(28-15-5-2-6-16-28)45-43(46-42)34-20-11-19-31-32-23-22-27-14-7-8-17-30(27)39(32)47-40(31)34/h1-25H/i7D,8D,11D,14D,17D,19D,20D,22D,23D. The van der Waals surface area contributed by atoms with Gasteiger partial charge in [0.05, 0.1) is 17.9 Å². The van der Waals surface area contributed by atoms with E-state index in [1.54, 1.807) is 11.3 Å². The zero-order chi connectivity index (χ0) is 39.4. The number of aromatic nitrogens is 3. The second kappa shape index (κ2) is 10.7. The lowest BCUT2D eigenvalue weighted by molar-refractivity contribution is 0.673. The zero-order valence-electron chi connectivity index (χ0n) is 33.9. The fraction of sp³-hybridized carbons (Fsp3) is 0. The first-order valence-electron chi connectivity index (χ1n) is 19.7. The van der Waals surface area contributed by atoms with Crippen LogP contribution in [-0.2, 0) is 0 Å². The fourth-order valence-electron chi connectivity index (χ4n) is 6.26. The summed E-state index contributed by atoms with van der Waals surface area (Å²) in [5.41, 5.74) is 2.95. The van der Waals surface area contributed by atoms with Gasteiger partial charge in [0.2, 0.25) is 0 Å². The second-order valence-electron chi connectivity index (χ2n) is 11.3. The molecule has 0 aliphatic heterocycles. The minimum atomic E-state index is -0.560. The Kier molecular flexibility index (Phi) is 4.34. The summed E-state index contributed by atoms with van der Waals surface area (Å²) in [6.45, 7) is 0. The molecule has 0 bridgehead atoms. The number of nitrogens with zero attached hydrogens (tertiary/aromatic N) is 3. The first-order valence-corrected chi connectivity index (χ1v) is 16.0. The summed E-state index contributed by atoms with van der Waals surface area (Å²) in [5.74, 6) is 0.505. The van der Waals surface area contributed by atoms with Crippen molar-refractivity contribution < 1.29 is 16.8 Å². The quantitative estimate of drug-likeness (QED) is 0.192. The molecule has 3 aromatic heterocycles. The molecule has 0 aliphatic carbocycles. The topological polar surface area (TPSA) is 51.8 Å². The van der Waals surface area contributed by atoms with Crippen molar-refractivity contribution in [3.05, 3.63) is 151 Å². The summed E-state index contributed by atoms with van der Waals surface area (Å²) in [7, 11) is 0. The lowest BCUT2D eigenvalue weighted by Crippen LogP contribution is -2.00. The van der Waals surface area contributed by atoms with E-state index < -0.39 is 54.4 Å². The van der Waals surface area contributed by atoms with Crippen LogP contribution in [0.2, 0.25) is 0 Å². The first-order chi connectivity index (χ1) is 27.5. The third-order valence-corrected chi connectivity index (χ3v) is 9.57. The summed E-state index contributed by atoms with van der Waals surface area (Å²) in [4.78, 5) is 14.8. The highest BCUT2D eigenvalue weighted by molar-refractivity contribution is 7.26. The van der Waals surface area contributed by atoms with E-state index in [9.17, 15) is 1.37 Å². The van der Waals surface area contributed by atoms with Gasteiger partial charge in [0, 0.05) is 47.5 Å². The van der Waals surface area contributed by atoms with Crippen molar-refractivity contribution in [2.24, 2.45) is 0 Å². The van der Waals surface area contributed by atoms with Gasteiger partial charge in [-0.05, 0) is 46.8 Å². The van der Waals surface area contributed by atoms with Crippen molar-refractivity contribution in [2.45, 2.75) is 0 Å². The summed E-state index contributed by atoms with van der Waals surface area (Å²) < 4.78 is 87.5. The highest BCUT2D eigenvalue weighted by Crippen LogP contribution is 2.43.